The van der Waals surface area contributed by atoms with E-state index in [0.717, 1.165) is 12.2 Å². The molecule has 1 unspecified atom stereocenters. The number of nitrogens with zero attached hydrogens (tertiary/aromatic N) is 2. The molecule has 1 N–H and O–H groups in total. The van der Waals surface area contributed by atoms with Gasteiger partial charge < -0.3 is 0 Å². The molecule has 0 bridgehead atoms. The van der Waals surface area contributed by atoms with Gasteiger partial charge in [-0.3, -0.25) is 24.8 Å². The average Bonchev–Trinajstić information content (AvgIpc) is 2.72. The number of piperidine rings is 1. The van der Waals surface area contributed by atoms with Gasteiger partial charge in [-0.05, 0) is 18.1 Å². The van der Waals surface area contributed by atoms with Crippen molar-refractivity contribution in [1.82, 2.24) is 15.2 Å². The van der Waals surface area contributed by atoms with E-state index < -0.39 is 0 Å². The highest BCUT2D eigenvalue weighted by Gasteiger charge is 2.34. The minimum absolute atomic E-state index is 0.166. The van der Waals surface area contributed by atoms with Gasteiger partial charge in [-0.2, -0.15) is 0 Å². The normalized spacial score (nSPS) is 24.6. The Kier molecular flexibility index (Phi) is 2.40. The van der Waals surface area contributed by atoms with E-state index in [1.54, 1.807) is 6.20 Å². The third kappa shape index (κ3) is 1.82. The summed E-state index contributed by atoms with van der Waals surface area (Å²) >= 11 is 0. The molecule has 2 amide bonds. The van der Waals surface area contributed by atoms with E-state index in [-0.39, 0.29) is 17.9 Å². The number of amides is 2. The van der Waals surface area contributed by atoms with Crippen LogP contribution in [0.2, 0.25) is 0 Å². The summed E-state index contributed by atoms with van der Waals surface area (Å²) < 4.78 is 0. The van der Waals surface area contributed by atoms with Crippen LogP contribution in [-0.2, 0) is 22.7 Å². The van der Waals surface area contributed by atoms with Crippen molar-refractivity contribution in [3.8, 4) is 0 Å². The van der Waals surface area contributed by atoms with E-state index in [4.69, 9.17) is 0 Å². The van der Waals surface area contributed by atoms with Gasteiger partial charge in [0.05, 0.1) is 11.7 Å². The van der Waals surface area contributed by atoms with Crippen molar-refractivity contribution in [1.29, 1.82) is 0 Å². The second-order valence-corrected chi connectivity index (χ2v) is 4.48. The van der Waals surface area contributed by atoms with Crippen molar-refractivity contribution in [2.75, 3.05) is 0 Å². The molecule has 17 heavy (non-hydrogen) atoms. The lowest BCUT2D eigenvalue weighted by atomic mass is 10.0. The third-order valence-corrected chi connectivity index (χ3v) is 3.36. The van der Waals surface area contributed by atoms with Gasteiger partial charge in [0, 0.05) is 25.7 Å². The predicted octanol–water partition coefficient (Wildman–Crippen LogP) is 0.202. The molecule has 3 rings (SSSR count). The van der Waals surface area contributed by atoms with Gasteiger partial charge in [-0.1, -0.05) is 6.07 Å². The van der Waals surface area contributed by atoms with Crippen molar-refractivity contribution in [3.05, 3.63) is 29.6 Å². The first-order valence-electron chi connectivity index (χ1n) is 5.74. The van der Waals surface area contributed by atoms with Crippen LogP contribution in [0.1, 0.15) is 24.1 Å². The lowest BCUT2D eigenvalue weighted by Gasteiger charge is -2.28. The molecule has 2 aliphatic rings. The van der Waals surface area contributed by atoms with Crippen LogP contribution in [0.3, 0.4) is 0 Å². The molecule has 0 aromatic carbocycles. The van der Waals surface area contributed by atoms with E-state index in [0.29, 0.717) is 19.4 Å². The molecule has 0 saturated carbocycles. The van der Waals surface area contributed by atoms with E-state index in [2.05, 4.69) is 15.2 Å². The molecular weight excluding hydrogens is 218 g/mol. The Bertz CT molecular complexity index is 461. The number of hydrogen-bond donors (Lipinski definition) is 1. The molecule has 3 heterocycles. The number of hydrogen-bond acceptors (Lipinski definition) is 4. The van der Waals surface area contributed by atoms with Crippen LogP contribution < -0.4 is 5.32 Å². The van der Waals surface area contributed by atoms with E-state index in [9.17, 15) is 9.59 Å². The van der Waals surface area contributed by atoms with Gasteiger partial charge in [0.2, 0.25) is 11.8 Å². The number of aromatic nitrogens is 1. The Morgan fingerprint density at radius 1 is 1.35 bits per heavy atom. The number of pyridine rings is 1. The zero-order chi connectivity index (χ0) is 11.8. The molecule has 0 spiro atoms. The molecule has 1 aromatic heterocycles. The van der Waals surface area contributed by atoms with E-state index in [1.807, 2.05) is 12.1 Å². The largest absolute Gasteiger partial charge is 0.295 e. The summed E-state index contributed by atoms with van der Waals surface area (Å²) in [7, 11) is 0. The zero-order valence-electron chi connectivity index (χ0n) is 9.35. The smallest absolute Gasteiger partial charge is 0.243 e. The van der Waals surface area contributed by atoms with Crippen molar-refractivity contribution in [3.63, 3.8) is 0 Å². The molecule has 1 saturated heterocycles. The number of imide groups is 1. The fourth-order valence-corrected chi connectivity index (χ4v) is 2.48. The first kappa shape index (κ1) is 10.4. The lowest BCUT2D eigenvalue weighted by Crippen LogP contribution is -2.50. The Labute approximate surface area is 98.8 Å². The number of fused-ring (bicyclic) bond motifs is 1. The highest BCUT2D eigenvalue weighted by atomic mass is 16.2. The molecule has 0 radical (unpaired) electrons. The van der Waals surface area contributed by atoms with Gasteiger partial charge in [0.25, 0.3) is 0 Å². The van der Waals surface area contributed by atoms with Crippen molar-refractivity contribution >= 4 is 11.8 Å². The molecule has 5 nitrogen and oxygen atoms in total. The Balaban J connectivity index is 1.76. The van der Waals surface area contributed by atoms with Crippen LogP contribution in [0.25, 0.3) is 0 Å². The zero-order valence-corrected chi connectivity index (χ0v) is 9.35. The van der Waals surface area contributed by atoms with E-state index in [1.165, 1.54) is 5.56 Å². The van der Waals surface area contributed by atoms with Gasteiger partial charge in [0.15, 0.2) is 0 Å². The molecule has 1 fully saturated rings. The maximum absolute atomic E-state index is 11.7. The first-order valence-corrected chi connectivity index (χ1v) is 5.74. The van der Waals surface area contributed by atoms with Gasteiger partial charge in [-0.25, -0.2) is 0 Å². The van der Waals surface area contributed by atoms with Crippen molar-refractivity contribution in [2.24, 2.45) is 0 Å². The van der Waals surface area contributed by atoms with E-state index >= 15 is 0 Å². The SMILES string of the molecule is O=C1CCC(N2Cc3cccnc3C2)C(=O)N1. The quantitative estimate of drug-likeness (QED) is 0.701. The monoisotopic (exact) mass is 231 g/mol. The fourth-order valence-electron chi connectivity index (χ4n) is 2.48. The minimum Gasteiger partial charge on any atom is -0.295 e. The molecule has 88 valence electrons. The molecule has 2 aliphatic heterocycles. The molecule has 0 aliphatic carbocycles. The van der Waals surface area contributed by atoms with Gasteiger partial charge in [0.1, 0.15) is 0 Å². The topological polar surface area (TPSA) is 62.3 Å². The van der Waals surface area contributed by atoms with Crippen LogP contribution in [-0.4, -0.2) is 27.7 Å². The van der Waals surface area contributed by atoms with Gasteiger partial charge in [-0.15, -0.1) is 0 Å². The van der Waals surface area contributed by atoms with Crippen LogP contribution in [0.5, 0.6) is 0 Å². The summed E-state index contributed by atoms with van der Waals surface area (Å²) in [6.45, 7) is 1.44. The summed E-state index contributed by atoms with van der Waals surface area (Å²) in [4.78, 5) is 29.2. The predicted molar refractivity (Wildman–Crippen MR) is 59.7 cm³/mol. The highest BCUT2D eigenvalue weighted by molar-refractivity contribution is 6.00. The molecule has 1 atom stereocenters. The number of rotatable bonds is 1. The maximum Gasteiger partial charge on any atom is 0.243 e. The van der Waals surface area contributed by atoms with Crippen molar-refractivity contribution < 1.29 is 9.59 Å². The second-order valence-electron chi connectivity index (χ2n) is 4.48. The lowest BCUT2D eigenvalue weighted by molar-refractivity contribution is -0.137. The van der Waals surface area contributed by atoms with Crippen LogP contribution >= 0.6 is 0 Å². The summed E-state index contributed by atoms with van der Waals surface area (Å²) in [6.07, 6.45) is 2.81. The first-order chi connectivity index (χ1) is 8.24. The van der Waals surface area contributed by atoms with Crippen LogP contribution in [0.4, 0.5) is 0 Å². The highest BCUT2D eigenvalue weighted by Crippen LogP contribution is 2.25. The van der Waals surface area contributed by atoms with Gasteiger partial charge >= 0.3 is 0 Å². The van der Waals surface area contributed by atoms with Crippen LogP contribution in [0, 0.1) is 0 Å². The number of carbonyl (C=O) groups is 2. The Morgan fingerprint density at radius 2 is 2.24 bits per heavy atom. The summed E-state index contributed by atoms with van der Waals surface area (Å²) in [5, 5.41) is 2.39. The average molecular weight is 231 g/mol. The van der Waals surface area contributed by atoms with Crippen LogP contribution in [0.15, 0.2) is 18.3 Å². The molecule has 5 heteroatoms. The Morgan fingerprint density at radius 3 is 3.00 bits per heavy atom. The fraction of sp³-hybridized carbons (Fsp3) is 0.417. The number of nitrogens with one attached hydrogen (secondary N) is 1. The molecule has 1 aromatic rings. The minimum atomic E-state index is -0.193. The summed E-state index contributed by atoms with van der Waals surface area (Å²) in [5.41, 5.74) is 2.22. The summed E-state index contributed by atoms with van der Waals surface area (Å²) in [5.74, 6) is -0.338. The second kappa shape index (κ2) is 3.92. The van der Waals surface area contributed by atoms with Crippen molar-refractivity contribution in [2.45, 2.75) is 32.0 Å². The maximum atomic E-state index is 11.7. The molecular formula is C12H13N3O2. The standard InChI is InChI=1S/C12H13N3O2/c16-11-4-3-10(12(17)14-11)15-6-8-2-1-5-13-9(8)7-15/h1-2,5,10H,3-4,6-7H2,(H,14,16,17). The third-order valence-electron chi connectivity index (χ3n) is 3.36. The summed E-state index contributed by atoms with van der Waals surface area (Å²) in [6, 6.07) is 3.75. The Hall–Kier alpha value is -1.75. The number of carbonyl (C=O) groups excluding carboxylic acids is 2.